The zero-order valence-electron chi connectivity index (χ0n) is 14.1. The maximum atomic E-state index is 12.2. The van der Waals surface area contributed by atoms with Crippen LogP contribution in [0, 0.1) is 13.8 Å². The Hall–Kier alpha value is -3.13. The molecular formula is C18H16N2O5S. The molecule has 26 heavy (non-hydrogen) atoms. The van der Waals surface area contributed by atoms with E-state index in [1.54, 1.807) is 37.3 Å². The highest BCUT2D eigenvalue weighted by Crippen LogP contribution is 2.26. The topological polar surface area (TPSA) is 109 Å². The predicted octanol–water partition coefficient (Wildman–Crippen LogP) is 3.06. The van der Waals surface area contributed by atoms with Gasteiger partial charge in [0.05, 0.1) is 11.1 Å². The van der Waals surface area contributed by atoms with Crippen LogP contribution in [0.4, 0.5) is 0 Å². The number of fused-ring (bicyclic) bond motifs is 1. The second-order valence-electron chi connectivity index (χ2n) is 5.76. The van der Waals surface area contributed by atoms with Crippen LogP contribution in [0.15, 0.2) is 56.9 Å². The maximum absolute atomic E-state index is 12.2. The molecule has 0 spiro atoms. The number of benzene rings is 2. The van der Waals surface area contributed by atoms with Gasteiger partial charge in [0.2, 0.25) is 0 Å². The Kier molecular flexibility index (Phi) is 4.52. The normalized spacial score (nSPS) is 11.9. The van der Waals surface area contributed by atoms with Gasteiger partial charge in [-0.1, -0.05) is 17.7 Å². The number of carbonyl (C=O) groups is 1. The molecule has 134 valence electrons. The Morgan fingerprint density at radius 2 is 1.85 bits per heavy atom. The molecule has 3 rings (SSSR count). The number of hydrogen-bond donors (Lipinski definition) is 2. The zero-order valence-corrected chi connectivity index (χ0v) is 14.9. The van der Waals surface area contributed by atoms with Crippen molar-refractivity contribution in [1.82, 2.24) is 4.83 Å². The zero-order chi connectivity index (χ0) is 18.9. The summed E-state index contributed by atoms with van der Waals surface area (Å²) >= 11 is 0. The van der Waals surface area contributed by atoms with Crippen LogP contribution < -0.4 is 4.83 Å². The molecule has 0 fully saturated rings. The first-order valence-corrected chi connectivity index (χ1v) is 9.14. The van der Waals surface area contributed by atoms with Crippen LogP contribution in [-0.2, 0) is 10.0 Å². The van der Waals surface area contributed by atoms with Gasteiger partial charge >= 0.3 is 5.97 Å². The molecule has 2 N–H and O–H groups in total. The van der Waals surface area contributed by atoms with Gasteiger partial charge in [-0.05, 0) is 49.7 Å². The lowest BCUT2D eigenvalue weighted by Crippen LogP contribution is -2.18. The molecular weight excluding hydrogens is 356 g/mol. The quantitative estimate of drug-likeness (QED) is 0.528. The van der Waals surface area contributed by atoms with Crippen LogP contribution in [0.3, 0.4) is 0 Å². The smallest absolute Gasteiger partial charge is 0.339 e. The predicted molar refractivity (Wildman–Crippen MR) is 97.0 cm³/mol. The lowest BCUT2D eigenvalue weighted by Gasteiger charge is -2.03. The Morgan fingerprint density at radius 3 is 2.50 bits per heavy atom. The standard InChI is InChI=1S/C18H16N2O5S/c1-11-3-6-14(7-4-11)26(23,24)20-19-10-13-5-8-16-15(9-13)17(18(21)22)12(2)25-16/h3-10,20H,1-2H3,(H,21,22). The Labute approximate surface area is 150 Å². The fourth-order valence-electron chi connectivity index (χ4n) is 2.52. The van der Waals surface area contributed by atoms with Crippen molar-refractivity contribution in [2.45, 2.75) is 18.7 Å². The van der Waals surface area contributed by atoms with E-state index < -0.39 is 16.0 Å². The molecule has 0 aliphatic carbocycles. The molecule has 7 nitrogen and oxygen atoms in total. The Morgan fingerprint density at radius 1 is 1.15 bits per heavy atom. The summed E-state index contributed by atoms with van der Waals surface area (Å²) in [4.78, 5) is 13.6. The summed E-state index contributed by atoms with van der Waals surface area (Å²) in [5.41, 5.74) is 2.01. The minimum atomic E-state index is -3.77. The molecule has 0 aliphatic rings. The number of sulfonamides is 1. The van der Waals surface area contributed by atoms with E-state index in [4.69, 9.17) is 4.42 Å². The van der Waals surface area contributed by atoms with Crippen molar-refractivity contribution in [2.24, 2.45) is 5.10 Å². The monoisotopic (exact) mass is 372 g/mol. The van der Waals surface area contributed by atoms with Gasteiger partial charge in [0.15, 0.2) is 0 Å². The van der Waals surface area contributed by atoms with Gasteiger partial charge in [0.1, 0.15) is 16.9 Å². The molecule has 0 unspecified atom stereocenters. The molecule has 8 heteroatoms. The number of hydrogen-bond acceptors (Lipinski definition) is 5. The molecule has 1 heterocycles. The minimum Gasteiger partial charge on any atom is -0.478 e. The molecule has 2 aromatic carbocycles. The van der Waals surface area contributed by atoms with Crippen molar-refractivity contribution in [3.8, 4) is 0 Å². The third kappa shape index (κ3) is 3.45. The molecule has 0 saturated heterocycles. The lowest BCUT2D eigenvalue weighted by molar-refractivity contribution is 0.0697. The van der Waals surface area contributed by atoms with Gasteiger partial charge < -0.3 is 9.52 Å². The van der Waals surface area contributed by atoms with Crippen LogP contribution >= 0.6 is 0 Å². The fourth-order valence-corrected chi connectivity index (χ4v) is 3.32. The van der Waals surface area contributed by atoms with E-state index in [0.29, 0.717) is 22.3 Å². The van der Waals surface area contributed by atoms with Crippen molar-refractivity contribution in [2.75, 3.05) is 0 Å². The molecule has 1 aromatic heterocycles. The first kappa shape index (κ1) is 17.7. The number of nitrogens with zero attached hydrogens (tertiary/aromatic N) is 1. The van der Waals surface area contributed by atoms with Crippen LogP contribution in [-0.4, -0.2) is 25.7 Å². The third-order valence-corrected chi connectivity index (χ3v) is 5.06. The highest BCUT2D eigenvalue weighted by Gasteiger charge is 2.17. The molecule has 0 radical (unpaired) electrons. The molecule has 0 bridgehead atoms. The lowest BCUT2D eigenvalue weighted by atomic mass is 10.1. The first-order valence-electron chi connectivity index (χ1n) is 7.66. The first-order chi connectivity index (χ1) is 12.3. The molecule has 0 amide bonds. The van der Waals surface area contributed by atoms with Gasteiger partial charge in [-0.2, -0.15) is 13.5 Å². The number of carboxylic acid groups (broad SMARTS) is 1. The van der Waals surface area contributed by atoms with Crippen molar-refractivity contribution in [3.05, 3.63) is 64.9 Å². The second-order valence-corrected chi connectivity index (χ2v) is 7.42. The average molecular weight is 372 g/mol. The van der Waals surface area contributed by atoms with Gasteiger partial charge in [0, 0.05) is 5.39 Å². The summed E-state index contributed by atoms with van der Waals surface area (Å²) in [5, 5.41) is 13.5. The number of furan rings is 1. The summed E-state index contributed by atoms with van der Waals surface area (Å²) < 4.78 is 29.8. The fraction of sp³-hybridized carbons (Fsp3) is 0.111. The number of nitrogens with one attached hydrogen (secondary N) is 1. The van der Waals surface area contributed by atoms with E-state index in [9.17, 15) is 18.3 Å². The number of hydrazone groups is 1. The van der Waals surface area contributed by atoms with E-state index in [1.807, 2.05) is 6.92 Å². The third-order valence-electron chi connectivity index (χ3n) is 3.82. The highest BCUT2D eigenvalue weighted by molar-refractivity contribution is 7.89. The summed E-state index contributed by atoms with van der Waals surface area (Å²) in [5.74, 6) is -0.780. The molecule has 0 atom stereocenters. The molecule has 3 aromatic rings. The maximum Gasteiger partial charge on any atom is 0.339 e. The molecule has 0 aliphatic heterocycles. The average Bonchev–Trinajstić information content (AvgIpc) is 2.90. The molecule has 0 saturated carbocycles. The van der Waals surface area contributed by atoms with Crippen LogP contribution in [0.1, 0.15) is 27.2 Å². The number of aromatic carboxylic acids is 1. The number of carboxylic acids is 1. The Bertz CT molecular complexity index is 1110. The van der Waals surface area contributed by atoms with E-state index in [1.165, 1.54) is 18.3 Å². The SMILES string of the molecule is Cc1ccc(S(=O)(=O)NN=Cc2ccc3oc(C)c(C(=O)O)c3c2)cc1. The van der Waals surface area contributed by atoms with E-state index in [2.05, 4.69) is 9.93 Å². The summed E-state index contributed by atoms with van der Waals surface area (Å²) in [6, 6.07) is 11.2. The van der Waals surface area contributed by atoms with Crippen LogP contribution in [0.5, 0.6) is 0 Å². The Balaban J connectivity index is 1.85. The van der Waals surface area contributed by atoms with E-state index >= 15 is 0 Å². The number of rotatable bonds is 5. The highest BCUT2D eigenvalue weighted by atomic mass is 32.2. The minimum absolute atomic E-state index is 0.0792. The van der Waals surface area contributed by atoms with Crippen molar-refractivity contribution < 1.29 is 22.7 Å². The van der Waals surface area contributed by atoms with Gasteiger partial charge in [-0.3, -0.25) is 0 Å². The van der Waals surface area contributed by atoms with Gasteiger partial charge in [-0.25, -0.2) is 9.63 Å². The summed E-state index contributed by atoms with van der Waals surface area (Å²) in [6.45, 7) is 3.44. The van der Waals surface area contributed by atoms with Gasteiger partial charge in [0.25, 0.3) is 10.0 Å². The summed E-state index contributed by atoms with van der Waals surface area (Å²) in [7, 11) is -3.77. The van der Waals surface area contributed by atoms with Crippen LogP contribution in [0.2, 0.25) is 0 Å². The van der Waals surface area contributed by atoms with Crippen molar-refractivity contribution >= 4 is 33.2 Å². The largest absolute Gasteiger partial charge is 0.478 e. The van der Waals surface area contributed by atoms with E-state index in [0.717, 1.165) is 5.56 Å². The summed E-state index contributed by atoms with van der Waals surface area (Å²) in [6.07, 6.45) is 1.30. The van der Waals surface area contributed by atoms with Crippen LogP contribution in [0.25, 0.3) is 11.0 Å². The number of aryl methyl sites for hydroxylation is 2. The van der Waals surface area contributed by atoms with Gasteiger partial charge in [-0.15, -0.1) is 0 Å². The van der Waals surface area contributed by atoms with Crippen molar-refractivity contribution in [1.29, 1.82) is 0 Å². The van der Waals surface area contributed by atoms with E-state index in [-0.39, 0.29) is 10.5 Å². The van der Waals surface area contributed by atoms with Crippen molar-refractivity contribution in [3.63, 3.8) is 0 Å². The second kappa shape index (κ2) is 6.64.